The van der Waals surface area contributed by atoms with Crippen LogP contribution in [0.4, 0.5) is 20.5 Å². The van der Waals surface area contributed by atoms with Gasteiger partial charge in [0.1, 0.15) is 22.9 Å². The number of nitrogens with one attached hydrogen (secondary N) is 1. The highest BCUT2D eigenvalue weighted by Gasteiger charge is 2.18. The minimum Gasteiger partial charge on any atom is -0.326 e. The van der Waals surface area contributed by atoms with Crippen LogP contribution in [-0.4, -0.2) is 42.5 Å². The molecule has 3 aromatic heterocycles. The van der Waals surface area contributed by atoms with Crippen molar-refractivity contribution < 1.29 is 8.78 Å². The molecule has 1 N–H and O–H groups in total. The second-order valence-corrected chi connectivity index (χ2v) is 9.00. The number of aryl methyl sites for hydroxylation is 1. The summed E-state index contributed by atoms with van der Waals surface area (Å²) in [5.74, 6) is 0.289. The van der Waals surface area contributed by atoms with Crippen molar-refractivity contribution in [2.24, 2.45) is 0 Å². The van der Waals surface area contributed by atoms with Gasteiger partial charge in [-0.15, -0.1) is 0 Å². The van der Waals surface area contributed by atoms with Crippen LogP contribution >= 0.6 is 0 Å². The number of aromatic nitrogens is 5. The van der Waals surface area contributed by atoms with Gasteiger partial charge >= 0.3 is 0 Å². The van der Waals surface area contributed by atoms with Crippen molar-refractivity contribution in [2.75, 3.05) is 18.4 Å². The van der Waals surface area contributed by atoms with Crippen LogP contribution in [0.15, 0.2) is 36.7 Å². The molecular formula is C25H27F2N7. The average Bonchev–Trinajstić information content (AvgIpc) is 3.43. The highest BCUT2D eigenvalue weighted by molar-refractivity contribution is 5.83. The molecule has 1 aliphatic rings. The molecule has 1 saturated heterocycles. The molecule has 7 nitrogen and oxygen atoms in total. The van der Waals surface area contributed by atoms with Crippen LogP contribution in [0, 0.1) is 18.6 Å². The maximum atomic E-state index is 14.9. The first-order valence-electron chi connectivity index (χ1n) is 11.5. The maximum Gasteiger partial charge on any atom is 0.229 e. The summed E-state index contributed by atoms with van der Waals surface area (Å²) in [5.41, 5.74) is 2.34. The smallest absolute Gasteiger partial charge is 0.229 e. The Balaban J connectivity index is 1.43. The van der Waals surface area contributed by atoms with Gasteiger partial charge in [0, 0.05) is 24.3 Å². The monoisotopic (exact) mass is 463 g/mol. The Morgan fingerprint density at radius 3 is 2.50 bits per heavy atom. The van der Waals surface area contributed by atoms with E-state index in [2.05, 4.69) is 30.2 Å². The molecule has 0 aliphatic carbocycles. The number of pyridine rings is 1. The number of anilines is 2. The lowest BCUT2D eigenvalue weighted by atomic mass is 10.1. The molecule has 0 atom stereocenters. The van der Waals surface area contributed by atoms with E-state index in [9.17, 15) is 8.78 Å². The number of halogens is 2. The van der Waals surface area contributed by atoms with Gasteiger partial charge in [-0.1, -0.05) is 6.07 Å². The molecule has 0 spiro atoms. The number of benzene rings is 1. The Labute approximate surface area is 196 Å². The lowest BCUT2D eigenvalue weighted by Gasteiger charge is -2.14. The molecule has 0 radical (unpaired) electrons. The highest BCUT2D eigenvalue weighted by atomic mass is 19.1. The topological polar surface area (TPSA) is 71.8 Å². The van der Waals surface area contributed by atoms with Gasteiger partial charge in [-0.05, 0) is 70.5 Å². The van der Waals surface area contributed by atoms with Crippen LogP contribution in [0.2, 0.25) is 0 Å². The van der Waals surface area contributed by atoms with Crippen LogP contribution < -0.4 is 5.32 Å². The predicted octanol–water partition coefficient (Wildman–Crippen LogP) is 5.40. The minimum absolute atomic E-state index is 0.0121. The summed E-state index contributed by atoms with van der Waals surface area (Å²) in [6.45, 7) is 8.94. The van der Waals surface area contributed by atoms with E-state index in [-0.39, 0.29) is 23.2 Å². The lowest BCUT2D eigenvalue weighted by Crippen LogP contribution is -2.18. The quantitative estimate of drug-likeness (QED) is 0.413. The fraction of sp³-hybridized carbons (Fsp3) is 0.360. The summed E-state index contributed by atoms with van der Waals surface area (Å²) in [5, 5.41) is 3.02. The van der Waals surface area contributed by atoms with Crippen molar-refractivity contribution in [1.82, 2.24) is 29.4 Å². The van der Waals surface area contributed by atoms with E-state index in [0.717, 1.165) is 31.4 Å². The molecule has 4 aromatic rings. The first-order valence-corrected chi connectivity index (χ1v) is 11.5. The van der Waals surface area contributed by atoms with Gasteiger partial charge in [-0.25, -0.2) is 28.7 Å². The van der Waals surface area contributed by atoms with Crippen molar-refractivity contribution in [2.45, 2.75) is 46.2 Å². The number of hydrogen-bond donors (Lipinski definition) is 1. The Morgan fingerprint density at radius 1 is 1.00 bits per heavy atom. The molecule has 0 unspecified atom stereocenters. The molecule has 0 bridgehead atoms. The molecule has 5 rings (SSSR count). The van der Waals surface area contributed by atoms with E-state index in [1.165, 1.54) is 18.9 Å². The zero-order valence-corrected chi connectivity index (χ0v) is 19.5. The third-order valence-corrected chi connectivity index (χ3v) is 6.13. The Morgan fingerprint density at radius 2 is 1.79 bits per heavy atom. The molecular weight excluding hydrogens is 436 g/mol. The van der Waals surface area contributed by atoms with Crippen molar-refractivity contribution in [3.8, 4) is 11.3 Å². The van der Waals surface area contributed by atoms with E-state index in [4.69, 9.17) is 0 Å². The van der Waals surface area contributed by atoms with Gasteiger partial charge in [0.25, 0.3) is 0 Å². The van der Waals surface area contributed by atoms with Gasteiger partial charge in [-0.3, -0.25) is 4.90 Å². The summed E-state index contributed by atoms with van der Waals surface area (Å²) in [6.07, 6.45) is 5.39. The van der Waals surface area contributed by atoms with Crippen molar-refractivity contribution in [3.63, 3.8) is 0 Å². The number of fused-ring (bicyclic) bond motifs is 1. The standard InChI is InChI=1S/C25H27F2N7/c1-15(2)34-16(3)30-24-19(26)10-18(11-21(24)34)23-20(27)13-29-25(32-23)31-22-7-6-17(12-28-22)14-33-8-4-5-9-33/h6-7,10-13,15H,4-5,8-9,14H2,1-3H3,(H,28,29,31,32). The summed E-state index contributed by atoms with van der Waals surface area (Å²) < 4.78 is 31.5. The normalized spacial score (nSPS) is 14.4. The number of likely N-dealkylation sites (tertiary alicyclic amines) is 1. The minimum atomic E-state index is -0.634. The molecule has 0 saturated carbocycles. The highest BCUT2D eigenvalue weighted by Crippen LogP contribution is 2.30. The zero-order chi connectivity index (χ0) is 23.8. The van der Waals surface area contributed by atoms with Crippen LogP contribution in [0.1, 0.15) is 44.1 Å². The zero-order valence-electron chi connectivity index (χ0n) is 19.5. The van der Waals surface area contributed by atoms with Crippen LogP contribution in [0.3, 0.4) is 0 Å². The van der Waals surface area contributed by atoms with E-state index < -0.39 is 11.6 Å². The number of nitrogens with zero attached hydrogens (tertiary/aromatic N) is 6. The lowest BCUT2D eigenvalue weighted by molar-refractivity contribution is 0.331. The van der Waals surface area contributed by atoms with Crippen molar-refractivity contribution in [1.29, 1.82) is 0 Å². The second-order valence-electron chi connectivity index (χ2n) is 9.00. The number of rotatable bonds is 6. The van der Waals surface area contributed by atoms with Crippen molar-refractivity contribution >= 4 is 22.8 Å². The summed E-state index contributed by atoms with van der Waals surface area (Å²) in [6, 6.07) is 6.93. The maximum absolute atomic E-state index is 14.9. The summed E-state index contributed by atoms with van der Waals surface area (Å²) >= 11 is 0. The van der Waals surface area contributed by atoms with Gasteiger partial charge in [0.15, 0.2) is 11.6 Å². The Bertz CT molecular complexity index is 1330. The van der Waals surface area contributed by atoms with Gasteiger partial charge in [0.2, 0.25) is 5.95 Å². The molecule has 1 aliphatic heterocycles. The number of hydrogen-bond acceptors (Lipinski definition) is 6. The molecule has 176 valence electrons. The van der Waals surface area contributed by atoms with Crippen LogP contribution in [0.5, 0.6) is 0 Å². The molecule has 1 aromatic carbocycles. The third kappa shape index (κ3) is 4.35. The first-order chi connectivity index (χ1) is 16.4. The van der Waals surface area contributed by atoms with E-state index >= 15 is 0 Å². The van der Waals surface area contributed by atoms with E-state index in [0.29, 0.717) is 22.7 Å². The molecule has 9 heteroatoms. The SMILES string of the molecule is Cc1nc2c(F)cc(-c3nc(Nc4ccc(CN5CCCC5)cn4)ncc3F)cc2n1C(C)C. The van der Waals surface area contributed by atoms with E-state index in [1.54, 1.807) is 6.07 Å². The fourth-order valence-electron chi connectivity index (χ4n) is 4.59. The fourth-order valence-corrected chi connectivity index (χ4v) is 4.59. The number of imidazole rings is 1. The largest absolute Gasteiger partial charge is 0.326 e. The predicted molar refractivity (Wildman–Crippen MR) is 128 cm³/mol. The molecule has 1 fully saturated rings. The molecule has 4 heterocycles. The first kappa shape index (κ1) is 22.3. The van der Waals surface area contributed by atoms with Gasteiger partial charge < -0.3 is 9.88 Å². The van der Waals surface area contributed by atoms with Crippen molar-refractivity contribution in [3.05, 3.63) is 59.7 Å². The van der Waals surface area contributed by atoms with Gasteiger partial charge in [-0.2, -0.15) is 0 Å². The van der Waals surface area contributed by atoms with E-state index in [1.807, 2.05) is 43.7 Å². The second kappa shape index (κ2) is 9.06. The van der Waals surface area contributed by atoms with Crippen LogP contribution in [0.25, 0.3) is 22.3 Å². The Kier molecular flexibility index (Phi) is 5.95. The molecule has 34 heavy (non-hydrogen) atoms. The van der Waals surface area contributed by atoms with Gasteiger partial charge in [0.05, 0.1) is 11.7 Å². The van der Waals surface area contributed by atoms with Crippen LogP contribution in [-0.2, 0) is 6.54 Å². The Hall–Kier alpha value is -3.46. The third-order valence-electron chi connectivity index (χ3n) is 6.13. The summed E-state index contributed by atoms with van der Waals surface area (Å²) in [7, 11) is 0. The molecule has 0 amide bonds. The average molecular weight is 464 g/mol. The summed E-state index contributed by atoms with van der Waals surface area (Å²) in [4.78, 5) is 19.6.